The van der Waals surface area contributed by atoms with Crippen molar-refractivity contribution in [2.45, 2.75) is 19.9 Å². The number of hydrogen-bond donors (Lipinski definition) is 1. The first-order chi connectivity index (χ1) is 7.68. The number of benzene rings is 1. The lowest BCUT2D eigenvalue weighted by Crippen LogP contribution is -2.15. The fraction of sp³-hybridized carbons (Fsp3) is 0.231. The van der Waals surface area contributed by atoms with Gasteiger partial charge >= 0.3 is 0 Å². The standard InChI is InChI=1S/C13H15N3/c1-9-3-4-10(2)11(7-9)13(14)12-8-15-5-6-16-12/h3-8,13H,14H2,1-2H3. The molecule has 1 aromatic heterocycles. The van der Waals surface area contributed by atoms with E-state index >= 15 is 0 Å². The summed E-state index contributed by atoms with van der Waals surface area (Å²) in [5.41, 5.74) is 10.5. The lowest BCUT2D eigenvalue weighted by molar-refractivity contribution is 0.809. The maximum atomic E-state index is 6.18. The van der Waals surface area contributed by atoms with Crippen LogP contribution in [0.25, 0.3) is 0 Å². The Labute approximate surface area is 95.4 Å². The number of aryl methyl sites for hydroxylation is 2. The smallest absolute Gasteiger partial charge is 0.0799 e. The molecule has 0 radical (unpaired) electrons. The highest BCUT2D eigenvalue weighted by molar-refractivity contribution is 5.36. The van der Waals surface area contributed by atoms with Crippen LogP contribution in [0.1, 0.15) is 28.4 Å². The average molecular weight is 213 g/mol. The van der Waals surface area contributed by atoms with Crippen molar-refractivity contribution >= 4 is 0 Å². The maximum Gasteiger partial charge on any atom is 0.0799 e. The first-order valence-corrected chi connectivity index (χ1v) is 5.27. The summed E-state index contributed by atoms with van der Waals surface area (Å²) >= 11 is 0. The van der Waals surface area contributed by atoms with Crippen LogP contribution in [0.5, 0.6) is 0 Å². The second-order valence-electron chi connectivity index (χ2n) is 3.97. The molecule has 3 nitrogen and oxygen atoms in total. The summed E-state index contributed by atoms with van der Waals surface area (Å²) in [5, 5.41) is 0. The van der Waals surface area contributed by atoms with E-state index in [1.807, 2.05) is 0 Å². The largest absolute Gasteiger partial charge is 0.319 e. The van der Waals surface area contributed by atoms with Crippen LogP contribution in [0.15, 0.2) is 36.8 Å². The van der Waals surface area contributed by atoms with Crippen molar-refractivity contribution < 1.29 is 0 Å². The molecule has 0 amide bonds. The van der Waals surface area contributed by atoms with Crippen LogP contribution >= 0.6 is 0 Å². The van der Waals surface area contributed by atoms with Crippen LogP contribution in [-0.4, -0.2) is 9.97 Å². The molecule has 0 aliphatic carbocycles. The van der Waals surface area contributed by atoms with Crippen LogP contribution < -0.4 is 5.73 Å². The molecule has 16 heavy (non-hydrogen) atoms. The lowest BCUT2D eigenvalue weighted by atomic mass is 9.98. The van der Waals surface area contributed by atoms with Gasteiger partial charge in [0.1, 0.15) is 0 Å². The van der Waals surface area contributed by atoms with E-state index in [0.717, 1.165) is 11.3 Å². The minimum atomic E-state index is -0.200. The van der Waals surface area contributed by atoms with E-state index in [0.29, 0.717) is 0 Å². The minimum absolute atomic E-state index is 0.200. The third-order valence-corrected chi connectivity index (χ3v) is 2.67. The molecule has 1 atom stereocenters. The molecule has 1 unspecified atom stereocenters. The topological polar surface area (TPSA) is 51.8 Å². The SMILES string of the molecule is Cc1ccc(C)c(C(N)c2cnccn2)c1. The van der Waals surface area contributed by atoms with Gasteiger partial charge in [0.15, 0.2) is 0 Å². The van der Waals surface area contributed by atoms with Gasteiger partial charge in [0.05, 0.1) is 17.9 Å². The van der Waals surface area contributed by atoms with Crippen molar-refractivity contribution in [1.29, 1.82) is 0 Å². The van der Waals surface area contributed by atoms with Crippen LogP contribution in [0.3, 0.4) is 0 Å². The summed E-state index contributed by atoms with van der Waals surface area (Å²) in [5.74, 6) is 0. The Hall–Kier alpha value is -1.74. The predicted molar refractivity (Wildman–Crippen MR) is 64.0 cm³/mol. The van der Waals surface area contributed by atoms with Crippen LogP contribution in [-0.2, 0) is 0 Å². The molecule has 3 heteroatoms. The molecule has 0 saturated heterocycles. The normalized spacial score (nSPS) is 12.4. The van der Waals surface area contributed by atoms with Gasteiger partial charge in [0, 0.05) is 12.4 Å². The Morgan fingerprint density at radius 2 is 2.00 bits per heavy atom. The Bertz CT molecular complexity index is 480. The lowest BCUT2D eigenvalue weighted by Gasteiger charge is -2.14. The van der Waals surface area contributed by atoms with E-state index < -0.39 is 0 Å². The highest BCUT2D eigenvalue weighted by Crippen LogP contribution is 2.21. The molecule has 1 heterocycles. The second-order valence-corrected chi connectivity index (χ2v) is 3.97. The highest BCUT2D eigenvalue weighted by Gasteiger charge is 2.12. The number of hydrogen-bond acceptors (Lipinski definition) is 3. The van der Waals surface area contributed by atoms with Crippen molar-refractivity contribution in [3.05, 3.63) is 59.2 Å². The molecule has 0 aliphatic rings. The second kappa shape index (κ2) is 4.41. The van der Waals surface area contributed by atoms with Crippen LogP contribution in [0.2, 0.25) is 0 Å². The van der Waals surface area contributed by atoms with Crippen LogP contribution in [0.4, 0.5) is 0 Å². The third-order valence-electron chi connectivity index (χ3n) is 2.67. The molecule has 2 N–H and O–H groups in total. The van der Waals surface area contributed by atoms with Crippen LogP contribution in [0, 0.1) is 13.8 Å². The van der Waals surface area contributed by atoms with E-state index in [-0.39, 0.29) is 6.04 Å². The van der Waals surface area contributed by atoms with Crippen molar-refractivity contribution in [1.82, 2.24) is 9.97 Å². The molecule has 2 aromatic rings. The summed E-state index contributed by atoms with van der Waals surface area (Å²) in [6.07, 6.45) is 5.03. The first-order valence-electron chi connectivity index (χ1n) is 5.27. The van der Waals surface area contributed by atoms with Gasteiger partial charge in [-0.25, -0.2) is 0 Å². The Balaban J connectivity index is 2.41. The van der Waals surface area contributed by atoms with Gasteiger partial charge in [0.2, 0.25) is 0 Å². The van der Waals surface area contributed by atoms with Crippen molar-refractivity contribution in [2.24, 2.45) is 5.73 Å². The minimum Gasteiger partial charge on any atom is -0.319 e. The fourth-order valence-corrected chi connectivity index (χ4v) is 1.73. The third kappa shape index (κ3) is 2.09. The van der Waals surface area contributed by atoms with E-state index in [9.17, 15) is 0 Å². The zero-order chi connectivity index (χ0) is 11.5. The maximum absolute atomic E-state index is 6.18. The van der Waals surface area contributed by atoms with E-state index in [4.69, 9.17) is 5.73 Å². The number of nitrogens with zero attached hydrogens (tertiary/aromatic N) is 2. The molecule has 0 fully saturated rings. The molecule has 0 spiro atoms. The fourth-order valence-electron chi connectivity index (χ4n) is 1.73. The van der Waals surface area contributed by atoms with Gasteiger partial charge in [-0.3, -0.25) is 9.97 Å². The summed E-state index contributed by atoms with van der Waals surface area (Å²) in [6, 6.07) is 6.08. The quantitative estimate of drug-likeness (QED) is 0.831. The van der Waals surface area contributed by atoms with Crippen molar-refractivity contribution in [3.63, 3.8) is 0 Å². The summed E-state index contributed by atoms with van der Waals surface area (Å²) in [6.45, 7) is 4.12. The van der Waals surface area contributed by atoms with Crippen molar-refractivity contribution in [2.75, 3.05) is 0 Å². The zero-order valence-corrected chi connectivity index (χ0v) is 9.51. The molecule has 2 rings (SSSR count). The van der Waals surface area contributed by atoms with Crippen molar-refractivity contribution in [3.8, 4) is 0 Å². The summed E-state index contributed by atoms with van der Waals surface area (Å²) < 4.78 is 0. The molecule has 82 valence electrons. The van der Waals surface area contributed by atoms with Gasteiger partial charge in [-0.15, -0.1) is 0 Å². The molecule has 1 aromatic carbocycles. The molecule has 0 saturated carbocycles. The average Bonchev–Trinajstić information content (AvgIpc) is 2.32. The zero-order valence-electron chi connectivity index (χ0n) is 9.51. The molecule has 0 bridgehead atoms. The first kappa shape index (κ1) is 10.8. The summed E-state index contributed by atoms with van der Waals surface area (Å²) in [7, 11) is 0. The van der Waals surface area contributed by atoms with E-state index in [1.165, 1.54) is 11.1 Å². The molecule has 0 aliphatic heterocycles. The van der Waals surface area contributed by atoms with E-state index in [2.05, 4.69) is 42.0 Å². The monoisotopic (exact) mass is 213 g/mol. The van der Waals surface area contributed by atoms with Gasteiger partial charge in [-0.1, -0.05) is 23.8 Å². The Morgan fingerprint density at radius 1 is 1.19 bits per heavy atom. The Morgan fingerprint density at radius 3 is 2.69 bits per heavy atom. The summed E-state index contributed by atoms with van der Waals surface area (Å²) in [4.78, 5) is 8.28. The van der Waals surface area contributed by atoms with E-state index in [1.54, 1.807) is 18.6 Å². The highest BCUT2D eigenvalue weighted by atomic mass is 14.8. The number of rotatable bonds is 2. The Kier molecular flexibility index (Phi) is 2.97. The van der Waals surface area contributed by atoms with Gasteiger partial charge in [0.25, 0.3) is 0 Å². The van der Waals surface area contributed by atoms with Gasteiger partial charge < -0.3 is 5.73 Å². The predicted octanol–water partition coefficient (Wildman–Crippen LogP) is 2.14. The number of nitrogens with two attached hydrogens (primary N) is 1. The van der Waals surface area contributed by atoms with Gasteiger partial charge in [-0.2, -0.15) is 0 Å². The molecular formula is C13H15N3. The number of aromatic nitrogens is 2. The van der Waals surface area contributed by atoms with Gasteiger partial charge in [-0.05, 0) is 25.0 Å². The molecular weight excluding hydrogens is 198 g/mol.